The van der Waals surface area contributed by atoms with Gasteiger partial charge < -0.3 is 5.11 Å². The summed E-state index contributed by atoms with van der Waals surface area (Å²) in [6.07, 6.45) is 0.721. The Kier molecular flexibility index (Phi) is 3.81. The topological polar surface area (TPSA) is 37.3 Å². The van der Waals surface area contributed by atoms with E-state index in [4.69, 9.17) is 0 Å². The number of carbonyl (C=O) groups is 1. The Morgan fingerprint density at radius 3 is 2.38 bits per heavy atom. The van der Waals surface area contributed by atoms with Crippen molar-refractivity contribution in [2.24, 2.45) is 0 Å². The average molecular weight is 224 g/mol. The van der Waals surface area contributed by atoms with Crippen LogP contribution in [0.4, 0.5) is 4.39 Å². The summed E-state index contributed by atoms with van der Waals surface area (Å²) in [5.41, 5.74) is -0.374. The smallest absolute Gasteiger partial charge is 0.194 e. The number of aryl methyl sites for hydroxylation is 1. The van der Waals surface area contributed by atoms with Crippen molar-refractivity contribution in [2.45, 2.75) is 39.2 Å². The summed E-state index contributed by atoms with van der Waals surface area (Å²) in [6, 6.07) is 3.98. The van der Waals surface area contributed by atoms with Crippen LogP contribution in [-0.4, -0.2) is 16.5 Å². The molecule has 0 aliphatic heterocycles. The molecular formula is C13H17FO2. The summed E-state index contributed by atoms with van der Waals surface area (Å²) in [4.78, 5) is 12.1. The number of carbonyl (C=O) groups excluding carboxylic acids is 1. The highest BCUT2D eigenvalue weighted by Gasteiger charge is 2.33. The predicted molar refractivity (Wildman–Crippen MR) is 61.0 cm³/mol. The third-order valence-electron chi connectivity index (χ3n) is 3.03. The van der Waals surface area contributed by atoms with Crippen LogP contribution in [0.1, 0.15) is 42.6 Å². The first kappa shape index (κ1) is 12.8. The Morgan fingerprint density at radius 1 is 1.38 bits per heavy atom. The number of hydrogen-bond acceptors (Lipinski definition) is 2. The van der Waals surface area contributed by atoms with E-state index in [0.717, 1.165) is 0 Å². The molecule has 0 fully saturated rings. The highest BCUT2D eigenvalue weighted by molar-refractivity contribution is 6.03. The molecule has 3 heteroatoms. The van der Waals surface area contributed by atoms with Crippen LogP contribution in [0.15, 0.2) is 18.2 Å². The number of ketones is 1. The zero-order chi connectivity index (χ0) is 12.3. The van der Waals surface area contributed by atoms with Crippen LogP contribution in [0.3, 0.4) is 0 Å². The molecule has 2 nitrogen and oxygen atoms in total. The van der Waals surface area contributed by atoms with Gasteiger partial charge in [-0.05, 0) is 43.5 Å². The van der Waals surface area contributed by atoms with Crippen LogP contribution in [0.2, 0.25) is 0 Å². The number of Topliss-reactive ketones (excluding diaryl/α,β-unsaturated/α-hetero) is 1. The van der Waals surface area contributed by atoms with Crippen molar-refractivity contribution < 1.29 is 14.3 Å². The standard InChI is InChI=1S/C13H17FO2/c1-4-13(16,5-2)12(15)11-7-6-10(14)8-9(11)3/h6-8,16H,4-5H2,1-3H3. The Labute approximate surface area is 95.1 Å². The van der Waals surface area contributed by atoms with Gasteiger partial charge in [-0.1, -0.05) is 13.8 Å². The van der Waals surface area contributed by atoms with E-state index in [1.807, 2.05) is 0 Å². The molecule has 0 atom stereocenters. The van der Waals surface area contributed by atoms with Gasteiger partial charge in [0, 0.05) is 5.56 Å². The van der Waals surface area contributed by atoms with Crippen molar-refractivity contribution >= 4 is 5.78 Å². The van der Waals surface area contributed by atoms with Crippen LogP contribution in [-0.2, 0) is 0 Å². The van der Waals surface area contributed by atoms with Gasteiger partial charge in [-0.3, -0.25) is 4.79 Å². The Morgan fingerprint density at radius 2 is 1.94 bits per heavy atom. The summed E-state index contributed by atoms with van der Waals surface area (Å²) in [5, 5.41) is 10.1. The molecule has 1 rings (SSSR count). The quantitative estimate of drug-likeness (QED) is 0.798. The molecule has 0 aliphatic rings. The molecule has 0 saturated carbocycles. The van der Waals surface area contributed by atoms with Gasteiger partial charge in [0.15, 0.2) is 5.78 Å². The van der Waals surface area contributed by atoms with Crippen LogP contribution < -0.4 is 0 Å². The fourth-order valence-corrected chi connectivity index (χ4v) is 1.70. The molecule has 0 unspecified atom stereocenters. The number of rotatable bonds is 4. The fourth-order valence-electron chi connectivity index (χ4n) is 1.70. The summed E-state index contributed by atoms with van der Waals surface area (Å²) in [5.74, 6) is -0.694. The van der Waals surface area contributed by atoms with Crippen molar-refractivity contribution in [1.82, 2.24) is 0 Å². The van der Waals surface area contributed by atoms with E-state index < -0.39 is 5.60 Å². The fraction of sp³-hybridized carbons (Fsp3) is 0.462. The molecule has 0 spiro atoms. The lowest BCUT2D eigenvalue weighted by Crippen LogP contribution is -2.37. The second-order valence-corrected chi connectivity index (χ2v) is 4.03. The van der Waals surface area contributed by atoms with E-state index in [1.54, 1.807) is 20.8 Å². The molecule has 0 saturated heterocycles. The third kappa shape index (κ3) is 2.30. The van der Waals surface area contributed by atoms with Crippen LogP contribution in [0.5, 0.6) is 0 Å². The first-order valence-electron chi connectivity index (χ1n) is 5.48. The van der Waals surface area contributed by atoms with Crippen molar-refractivity contribution in [3.63, 3.8) is 0 Å². The molecule has 1 N–H and O–H groups in total. The average Bonchev–Trinajstić information content (AvgIpc) is 2.27. The maximum Gasteiger partial charge on any atom is 0.194 e. The zero-order valence-electron chi connectivity index (χ0n) is 9.88. The SMILES string of the molecule is CCC(O)(CC)C(=O)c1ccc(F)cc1C. The van der Waals surface area contributed by atoms with Gasteiger partial charge in [-0.2, -0.15) is 0 Å². The molecule has 0 radical (unpaired) electrons. The zero-order valence-corrected chi connectivity index (χ0v) is 9.88. The van der Waals surface area contributed by atoms with Gasteiger partial charge in [-0.25, -0.2) is 4.39 Å². The Hall–Kier alpha value is -1.22. The minimum atomic E-state index is -1.33. The molecular weight excluding hydrogens is 207 g/mol. The Balaban J connectivity index is 3.14. The second kappa shape index (κ2) is 4.74. The van der Waals surface area contributed by atoms with Crippen LogP contribution in [0, 0.1) is 12.7 Å². The number of aliphatic hydroxyl groups is 1. The monoisotopic (exact) mass is 224 g/mol. The van der Waals surface area contributed by atoms with Crippen molar-refractivity contribution in [2.75, 3.05) is 0 Å². The van der Waals surface area contributed by atoms with Crippen LogP contribution in [0.25, 0.3) is 0 Å². The van der Waals surface area contributed by atoms with Crippen LogP contribution >= 0.6 is 0 Å². The first-order chi connectivity index (χ1) is 7.44. The number of benzene rings is 1. The van der Waals surface area contributed by atoms with E-state index in [2.05, 4.69) is 0 Å². The molecule has 0 heterocycles. The van der Waals surface area contributed by atoms with E-state index in [-0.39, 0.29) is 11.6 Å². The minimum Gasteiger partial charge on any atom is -0.382 e. The Bertz CT molecular complexity index is 395. The second-order valence-electron chi connectivity index (χ2n) is 4.03. The first-order valence-corrected chi connectivity index (χ1v) is 5.48. The van der Waals surface area contributed by atoms with Crippen molar-refractivity contribution in [1.29, 1.82) is 0 Å². The van der Waals surface area contributed by atoms with E-state index in [9.17, 15) is 14.3 Å². The van der Waals surface area contributed by atoms with E-state index >= 15 is 0 Å². The van der Waals surface area contributed by atoms with Gasteiger partial charge in [0.25, 0.3) is 0 Å². The highest BCUT2D eigenvalue weighted by Crippen LogP contribution is 2.23. The third-order valence-corrected chi connectivity index (χ3v) is 3.03. The highest BCUT2D eigenvalue weighted by atomic mass is 19.1. The summed E-state index contributed by atoms with van der Waals surface area (Å²) in [7, 11) is 0. The van der Waals surface area contributed by atoms with Gasteiger partial charge in [0.1, 0.15) is 11.4 Å². The molecule has 0 aromatic heterocycles. The molecule has 0 aliphatic carbocycles. The maximum atomic E-state index is 12.9. The molecule has 1 aromatic carbocycles. The normalized spacial score (nSPS) is 11.6. The lowest BCUT2D eigenvalue weighted by atomic mass is 9.86. The van der Waals surface area contributed by atoms with Gasteiger partial charge in [-0.15, -0.1) is 0 Å². The molecule has 16 heavy (non-hydrogen) atoms. The van der Waals surface area contributed by atoms with E-state index in [1.165, 1.54) is 18.2 Å². The molecule has 0 bridgehead atoms. The summed E-state index contributed by atoms with van der Waals surface area (Å²) >= 11 is 0. The van der Waals surface area contributed by atoms with E-state index in [0.29, 0.717) is 24.0 Å². The minimum absolute atomic E-state index is 0.324. The van der Waals surface area contributed by atoms with Gasteiger partial charge in [0.05, 0.1) is 0 Å². The molecule has 88 valence electrons. The number of hydrogen-bond donors (Lipinski definition) is 1. The van der Waals surface area contributed by atoms with Crippen molar-refractivity contribution in [3.05, 3.63) is 35.1 Å². The maximum absolute atomic E-state index is 12.9. The van der Waals surface area contributed by atoms with Crippen molar-refractivity contribution in [3.8, 4) is 0 Å². The summed E-state index contributed by atoms with van der Waals surface area (Å²) < 4.78 is 12.9. The largest absolute Gasteiger partial charge is 0.382 e. The molecule has 1 aromatic rings. The lowest BCUT2D eigenvalue weighted by Gasteiger charge is -2.24. The predicted octanol–water partition coefficient (Wildman–Crippen LogP) is 2.87. The number of halogens is 1. The summed E-state index contributed by atoms with van der Waals surface area (Å²) in [6.45, 7) is 5.20. The van der Waals surface area contributed by atoms with Gasteiger partial charge >= 0.3 is 0 Å². The van der Waals surface area contributed by atoms with Gasteiger partial charge in [0.2, 0.25) is 0 Å². The molecule has 0 amide bonds. The lowest BCUT2D eigenvalue weighted by molar-refractivity contribution is 0.0277.